The number of amides is 1. The minimum absolute atomic E-state index is 0.0957. The molecule has 3 rings (SSSR count). The first kappa shape index (κ1) is 22.7. The first-order chi connectivity index (χ1) is 15.2. The average molecular weight is 439 g/mol. The van der Waals surface area contributed by atoms with Gasteiger partial charge in [0.2, 0.25) is 0 Å². The molecule has 0 aliphatic carbocycles. The summed E-state index contributed by atoms with van der Waals surface area (Å²) in [4.78, 5) is 20.0. The fourth-order valence-corrected chi connectivity index (χ4v) is 3.91. The van der Waals surface area contributed by atoms with E-state index < -0.39 is 0 Å². The molecule has 1 saturated heterocycles. The van der Waals surface area contributed by atoms with Gasteiger partial charge in [0.1, 0.15) is 6.61 Å². The van der Waals surface area contributed by atoms with Crippen LogP contribution in [0.4, 0.5) is 5.69 Å². The Labute approximate surface area is 187 Å². The monoisotopic (exact) mass is 438 g/mol. The third kappa shape index (κ3) is 5.99. The minimum atomic E-state index is -0.0957. The second kappa shape index (κ2) is 11.4. The van der Waals surface area contributed by atoms with Gasteiger partial charge in [-0.15, -0.1) is 0 Å². The van der Waals surface area contributed by atoms with Crippen molar-refractivity contribution in [2.75, 3.05) is 33.5 Å². The molecule has 0 atom stereocenters. The van der Waals surface area contributed by atoms with Crippen LogP contribution in [0.3, 0.4) is 0 Å². The van der Waals surface area contributed by atoms with Gasteiger partial charge < -0.3 is 14.2 Å². The molecule has 0 bridgehead atoms. The number of methoxy groups -OCH3 is 1. The van der Waals surface area contributed by atoms with Crippen LogP contribution in [0.5, 0.6) is 11.5 Å². The van der Waals surface area contributed by atoms with E-state index in [0.29, 0.717) is 47.9 Å². The standard InChI is InChI=1S/C24H26N2O4S/c1-4-14-30-20-12-11-18(16-21(20)29-5-2)17-22-23(27)26(13-15-28-3)24(31-22)25-19-9-7-6-8-10-19/h4,6-12,16-17H,1,5,13-15H2,2-3H3. The van der Waals surface area contributed by atoms with Crippen LogP contribution < -0.4 is 9.47 Å². The molecule has 1 aliphatic rings. The molecule has 7 heteroatoms. The lowest BCUT2D eigenvalue weighted by atomic mass is 10.2. The van der Waals surface area contributed by atoms with Crippen molar-refractivity contribution in [2.24, 2.45) is 4.99 Å². The van der Waals surface area contributed by atoms with Gasteiger partial charge in [-0.2, -0.15) is 0 Å². The highest BCUT2D eigenvalue weighted by Crippen LogP contribution is 2.35. The second-order valence-electron chi connectivity index (χ2n) is 6.53. The summed E-state index contributed by atoms with van der Waals surface area (Å²) in [6.07, 6.45) is 3.53. The molecular weight excluding hydrogens is 412 g/mol. The molecule has 1 amide bonds. The highest BCUT2D eigenvalue weighted by atomic mass is 32.2. The van der Waals surface area contributed by atoms with E-state index in [4.69, 9.17) is 14.2 Å². The summed E-state index contributed by atoms with van der Waals surface area (Å²) < 4.78 is 16.5. The molecule has 2 aromatic rings. The molecule has 6 nitrogen and oxygen atoms in total. The van der Waals surface area contributed by atoms with Gasteiger partial charge in [0.25, 0.3) is 5.91 Å². The Morgan fingerprint density at radius 3 is 2.65 bits per heavy atom. The first-order valence-electron chi connectivity index (χ1n) is 10.0. The topological polar surface area (TPSA) is 60.4 Å². The third-order valence-corrected chi connectivity index (χ3v) is 5.32. The lowest BCUT2D eigenvalue weighted by Crippen LogP contribution is -2.32. The van der Waals surface area contributed by atoms with Crippen LogP contribution in [-0.2, 0) is 9.53 Å². The lowest BCUT2D eigenvalue weighted by molar-refractivity contribution is -0.122. The molecule has 162 valence electrons. The van der Waals surface area contributed by atoms with Crippen LogP contribution >= 0.6 is 11.8 Å². The Balaban J connectivity index is 1.90. The summed E-state index contributed by atoms with van der Waals surface area (Å²) in [5.41, 5.74) is 1.64. The van der Waals surface area contributed by atoms with E-state index >= 15 is 0 Å². The van der Waals surface area contributed by atoms with Gasteiger partial charge in [-0.3, -0.25) is 9.69 Å². The number of aliphatic imine (C=N–C) groups is 1. The molecule has 2 aromatic carbocycles. The van der Waals surface area contributed by atoms with Gasteiger partial charge in [0.15, 0.2) is 16.7 Å². The second-order valence-corrected chi connectivity index (χ2v) is 7.54. The Morgan fingerprint density at radius 1 is 1.13 bits per heavy atom. The van der Waals surface area contributed by atoms with Crippen molar-refractivity contribution in [3.8, 4) is 11.5 Å². The Morgan fingerprint density at radius 2 is 1.94 bits per heavy atom. The fourth-order valence-electron chi connectivity index (χ4n) is 2.89. The molecule has 0 saturated carbocycles. The summed E-state index contributed by atoms with van der Waals surface area (Å²) in [5, 5.41) is 0.635. The largest absolute Gasteiger partial charge is 0.490 e. The Hall–Kier alpha value is -3.03. The molecule has 0 N–H and O–H groups in total. The molecule has 31 heavy (non-hydrogen) atoms. The maximum Gasteiger partial charge on any atom is 0.266 e. The van der Waals surface area contributed by atoms with Gasteiger partial charge in [-0.25, -0.2) is 4.99 Å². The van der Waals surface area contributed by atoms with Gasteiger partial charge in [0.05, 0.1) is 30.4 Å². The van der Waals surface area contributed by atoms with Gasteiger partial charge in [-0.1, -0.05) is 36.9 Å². The number of ether oxygens (including phenoxy) is 3. The van der Waals surface area contributed by atoms with Crippen LogP contribution in [0.2, 0.25) is 0 Å². The van der Waals surface area contributed by atoms with Crippen molar-refractivity contribution < 1.29 is 19.0 Å². The van der Waals surface area contributed by atoms with Crippen molar-refractivity contribution in [1.82, 2.24) is 4.90 Å². The summed E-state index contributed by atoms with van der Waals surface area (Å²) in [5.74, 6) is 1.17. The van der Waals surface area contributed by atoms with Gasteiger partial charge in [0, 0.05) is 7.11 Å². The number of thioether (sulfide) groups is 1. The Kier molecular flexibility index (Phi) is 8.32. The summed E-state index contributed by atoms with van der Waals surface area (Å²) >= 11 is 1.35. The molecule has 0 unspecified atom stereocenters. The summed E-state index contributed by atoms with van der Waals surface area (Å²) in [6, 6.07) is 15.2. The van der Waals surface area contributed by atoms with E-state index in [9.17, 15) is 4.79 Å². The van der Waals surface area contributed by atoms with E-state index in [1.165, 1.54) is 11.8 Å². The van der Waals surface area contributed by atoms with Crippen LogP contribution in [0, 0.1) is 0 Å². The maximum absolute atomic E-state index is 13.1. The van der Waals surface area contributed by atoms with E-state index in [0.717, 1.165) is 11.3 Å². The molecule has 0 spiro atoms. The van der Waals surface area contributed by atoms with E-state index in [1.54, 1.807) is 18.1 Å². The molecule has 1 aliphatic heterocycles. The smallest absolute Gasteiger partial charge is 0.266 e. The highest BCUT2D eigenvalue weighted by molar-refractivity contribution is 8.18. The quantitative estimate of drug-likeness (QED) is 0.390. The highest BCUT2D eigenvalue weighted by Gasteiger charge is 2.33. The minimum Gasteiger partial charge on any atom is -0.490 e. The van der Waals surface area contributed by atoms with Crippen molar-refractivity contribution in [2.45, 2.75) is 6.92 Å². The molecule has 1 fully saturated rings. The lowest BCUT2D eigenvalue weighted by Gasteiger charge is -2.14. The van der Waals surface area contributed by atoms with Crippen LogP contribution in [0.1, 0.15) is 12.5 Å². The maximum atomic E-state index is 13.1. The van der Waals surface area contributed by atoms with Crippen molar-refractivity contribution in [3.05, 3.63) is 71.7 Å². The number of nitrogens with zero attached hydrogens (tertiary/aromatic N) is 2. The van der Waals surface area contributed by atoms with Gasteiger partial charge >= 0.3 is 0 Å². The zero-order chi connectivity index (χ0) is 22.1. The average Bonchev–Trinajstić information content (AvgIpc) is 3.06. The number of amidine groups is 1. The zero-order valence-corrected chi connectivity index (χ0v) is 18.6. The SMILES string of the molecule is C=CCOc1ccc(C=C2SC(=Nc3ccccc3)N(CCOC)C2=O)cc1OCC. The molecular formula is C24H26N2O4S. The molecule has 0 radical (unpaired) electrons. The van der Waals surface area contributed by atoms with Crippen molar-refractivity contribution >= 4 is 34.6 Å². The summed E-state index contributed by atoms with van der Waals surface area (Å²) in [6.45, 7) is 7.35. The van der Waals surface area contributed by atoms with Crippen LogP contribution in [0.25, 0.3) is 6.08 Å². The number of hydrogen-bond acceptors (Lipinski definition) is 6. The number of benzene rings is 2. The van der Waals surface area contributed by atoms with E-state index in [1.807, 2.05) is 61.5 Å². The number of rotatable bonds is 10. The fraction of sp³-hybridized carbons (Fsp3) is 0.250. The number of hydrogen-bond donors (Lipinski definition) is 0. The van der Waals surface area contributed by atoms with Gasteiger partial charge in [-0.05, 0) is 54.6 Å². The van der Waals surface area contributed by atoms with Crippen LogP contribution in [0.15, 0.2) is 71.1 Å². The number of carbonyl (C=O) groups excluding carboxylic acids is 1. The molecule has 1 heterocycles. The van der Waals surface area contributed by atoms with Crippen molar-refractivity contribution in [3.63, 3.8) is 0 Å². The zero-order valence-electron chi connectivity index (χ0n) is 17.7. The number of para-hydroxylation sites is 1. The number of carbonyl (C=O) groups is 1. The first-order valence-corrected chi connectivity index (χ1v) is 10.8. The third-order valence-electron chi connectivity index (χ3n) is 4.31. The summed E-state index contributed by atoms with van der Waals surface area (Å²) in [7, 11) is 1.61. The van der Waals surface area contributed by atoms with Crippen LogP contribution in [-0.4, -0.2) is 49.4 Å². The molecule has 0 aromatic heterocycles. The van der Waals surface area contributed by atoms with E-state index in [2.05, 4.69) is 11.6 Å². The predicted octanol–water partition coefficient (Wildman–Crippen LogP) is 4.90. The predicted molar refractivity (Wildman–Crippen MR) is 126 cm³/mol. The Bertz CT molecular complexity index is 973. The van der Waals surface area contributed by atoms with E-state index in [-0.39, 0.29) is 5.91 Å². The van der Waals surface area contributed by atoms with Crippen molar-refractivity contribution in [1.29, 1.82) is 0 Å². The normalized spacial score (nSPS) is 16.2.